The van der Waals surface area contributed by atoms with Crippen LogP contribution < -0.4 is 5.32 Å². The van der Waals surface area contributed by atoms with E-state index in [1.807, 2.05) is 11.8 Å². The Balaban J connectivity index is 1.61. The molecular formula is C17H24N2S. The first-order chi connectivity index (χ1) is 9.41. The van der Waals surface area contributed by atoms with Gasteiger partial charge in [0, 0.05) is 11.8 Å². The highest BCUT2D eigenvalue weighted by atomic mass is 32.2. The Kier molecular flexibility index (Phi) is 3.36. The molecule has 1 aromatic carbocycles. The fraction of sp³-hybridized carbons (Fsp3) is 0.588. The molecule has 108 valence electrons. The van der Waals surface area contributed by atoms with Crippen molar-refractivity contribution in [3.63, 3.8) is 0 Å². The molecule has 2 aliphatic rings. The summed E-state index contributed by atoms with van der Waals surface area (Å²) in [5.41, 5.74) is 2.07. The molecule has 1 unspecified atom stereocenters. The van der Waals surface area contributed by atoms with Crippen LogP contribution in [0.2, 0.25) is 0 Å². The molecule has 1 aliphatic heterocycles. The quantitative estimate of drug-likeness (QED) is 0.916. The molecule has 1 saturated carbocycles. The summed E-state index contributed by atoms with van der Waals surface area (Å²) >= 11 is 1.88. The molecule has 0 aromatic heterocycles. The normalized spacial score (nSPS) is 29.4. The van der Waals surface area contributed by atoms with Gasteiger partial charge in [-0.1, -0.05) is 69.8 Å². The average molecular weight is 288 g/mol. The van der Waals surface area contributed by atoms with Crippen molar-refractivity contribution >= 4 is 16.9 Å². The van der Waals surface area contributed by atoms with Crippen LogP contribution in [0.15, 0.2) is 35.3 Å². The summed E-state index contributed by atoms with van der Waals surface area (Å²) < 4.78 is 0. The zero-order valence-electron chi connectivity index (χ0n) is 12.8. The Bertz CT molecular complexity index is 505. The Morgan fingerprint density at radius 1 is 1.15 bits per heavy atom. The highest BCUT2D eigenvalue weighted by Crippen LogP contribution is 2.64. The minimum atomic E-state index is 0.333. The summed E-state index contributed by atoms with van der Waals surface area (Å²) in [5.74, 6) is 1.13. The summed E-state index contributed by atoms with van der Waals surface area (Å²) in [5, 5.41) is 4.75. The lowest BCUT2D eigenvalue weighted by Crippen LogP contribution is -2.29. The third-order valence-electron chi connectivity index (χ3n) is 5.26. The minimum Gasteiger partial charge on any atom is -0.361 e. The van der Waals surface area contributed by atoms with Crippen molar-refractivity contribution in [2.75, 3.05) is 5.75 Å². The number of aliphatic imine (C=N–C) groups is 1. The molecule has 2 fully saturated rings. The topological polar surface area (TPSA) is 24.4 Å². The molecule has 1 atom stereocenters. The lowest BCUT2D eigenvalue weighted by atomic mass is 10.0. The number of thioether (sulfide) groups is 1. The maximum atomic E-state index is 4.95. The second kappa shape index (κ2) is 4.80. The van der Waals surface area contributed by atoms with E-state index in [0.29, 0.717) is 22.9 Å². The molecule has 1 aliphatic carbocycles. The van der Waals surface area contributed by atoms with E-state index in [9.17, 15) is 0 Å². The Hall–Kier alpha value is -0.960. The van der Waals surface area contributed by atoms with Gasteiger partial charge in [-0.05, 0) is 22.8 Å². The van der Waals surface area contributed by atoms with E-state index < -0.39 is 0 Å². The molecule has 3 rings (SSSR count). The predicted octanol–water partition coefficient (Wildman–Crippen LogP) is 3.72. The molecule has 0 radical (unpaired) electrons. The second-order valence-corrected chi connectivity index (χ2v) is 8.13. The molecular weight excluding hydrogens is 264 g/mol. The zero-order chi connectivity index (χ0) is 14.4. The standard InChI is InChI=1S/C17H24N2S/c1-16(2)14(17(16,3)4)19-15-18-13(11-20-15)10-12-8-6-5-7-9-12/h5-9,13-14H,10-11H2,1-4H3,(H,18,19). The molecule has 1 saturated heterocycles. The third-order valence-corrected chi connectivity index (χ3v) is 6.33. The van der Waals surface area contributed by atoms with E-state index in [4.69, 9.17) is 4.99 Å². The SMILES string of the molecule is CC1(C)C(N=C2NC(Cc3ccccc3)CS2)C1(C)C. The minimum absolute atomic E-state index is 0.333. The van der Waals surface area contributed by atoms with Crippen LogP contribution in [0.5, 0.6) is 0 Å². The van der Waals surface area contributed by atoms with Crippen LogP contribution in [0, 0.1) is 10.8 Å². The van der Waals surface area contributed by atoms with E-state index in [-0.39, 0.29) is 0 Å². The van der Waals surface area contributed by atoms with Gasteiger partial charge in [0.25, 0.3) is 0 Å². The highest BCUT2D eigenvalue weighted by Gasteiger charge is 2.65. The van der Waals surface area contributed by atoms with Crippen molar-refractivity contribution in [3.8, 4) is 0 Å². The lowest BCUT2D eigenvalue weighted by Gasteiger charge is -2.09. The summed E-state index contributed by atoms with van der Waals surface area (Å²) in [7, 11) is 0. The van der Waals surface area contributed by atoms with Crippen LogP contribution in [0.4, 0.5) is 0 Å². The first-order valence-corrected chi connectivity index (χ1v) is 8.41. The van der Waals surface area contributed by atoms with Crippen LogP contribution in [-0.4, -0.2) is 23.0 Å². The first kappa shape index (κ1) is 14.0. The maximum absolute atomic E-state index is 4.95. The van der Waals surface area contributed by atoms with E-state index in [1.54, 1.807) is 0 Å². The number of hydrogen-bond donors (Lipinski definition) is 1. The molecule has 0 amide bonds. The second-order valence-electron chi connectivity index (χ2n) is 7.12. The first-order valence-electron chi connectivity index (χ1n) is 7.42. The van der Waals surface area contributed by atoms with Gasteiger partial charge in [-0.15, -0.1) is 0 Å². The number of nitrogens with zero attached hydrogens (tertiary/aromatic N) is 1. The molecule has 0 bridgehead atoms. The molecule has 0 spiro atoms. The van der Waals surface area contributed by atoms with Crippen LogP contribution in [0.1, 0.15) is 33.3 Å². The van der Waals surface area contributed by atoms with E-state index >= 15 is 0 Å². The summed E-state index contributed by atoms with van der Waals surface area (Å²) in [6.07, 6.45) is 1.09. The number of hydrogen-bond acceptors (Lipinski definition) is 2. The van der Waals surface area contributed by atoms with Gasteiger partial charge in [-0.3, -0.25) is 4.99 Å². The van der Waals surface area contributed by atoms with Crippen molar-refractivity contribution in [2.45, 2.75) is 46.2 Å². The van der Waals surface area contributed by atoms with Crippen molar-refractivity contribution in [2.24, 2.45) is 15.8 Å². The summed E-state index contributed by atoms with van der Waals surface area (Å²) in [4.78, 5) is 4.95. The highest BCUT2D eigenvalue weighted by molar-refractivity contribution is 8.14. The van der Waals surface area contributed by atoms with Gasteiger partial charge in [0.2, 0.25) is 0 Å². The van der Waals surface area contributed by atoms with Crippen LogP contribution in [0.3, 0.4) is 0 Å². The Morgan fingerprint density at radius 2 is 1.80 bits per heavy atom. The van der Waals surface area contributed by atoms with Gasteiger partial charge >= 0.3 is 0 Å². The maximum Gasteiger partial charge on any atom is 0.157 e. The largest absolute Gasteiger partial charge is 0.361 e. The van der Waals surface area contributed by atoms with Crippen LogP contribution >= 0.6 is 11.8 Å². The van der Waals surface area contributed by atoms with Crippen LogP contribution in [0.25, 0.3) is 0 Å². The zero-order valence-corrected chi connectivity index (χ0v) is 13.6. The molecule has 1 heterocycles. The van der Waals surface area contributed by atoms with Crippen molar-refractivity contribution in [3.05, 3.63) is 35.9 Å². The fourth-order valence-electron chi connectivity index (χ4n) is 3.12. The van der Waals surface area contributed by atoms with Gasteiger partial charge in [0.05, 0.1) is 6.04 Å². The van der Waals surface area contributed by atoms with E-state index in [1.165, 1.54) is 5.56 Å². The molecule has 2 nitrogen and oxygen atoms in total. The van der Waals surface area contributed by atoms with Crippen LogP contribution in [-0.2, 0) is 6.42 Å². The Morgan fingerprint density at radius 3 is 2.40 bits per heavy atom. The van der Waals surface area contributed by atoms with Gasteiger partial charge in [-0.2, -0.15) is 0 Å². The summed E-state index contributed by atoms with van der Waals surface area (Å²) in [6.45, 7) is 9.29. The van der Waals surface area contributed by atoms with Gasteiger partial charge in [-0.25, -0.2) is 0 Å². The number of benzene rings is 1. The smallest absolute Gasteiger partial charge is 0.157 e. The number of amidine groups is 1. The fourth-order valence-corrected chi connectivity index (χ4v) is 4.11. The summed E-state index contributed by atoms with van der Waals surface area (Å²) in [6, 6.07) is 11.7. The predicted molar refractivity (Wildman–Crippen MR) is 88.3 cm³/mol. The van der Waals surface area contributed by atoms with E-state index in [2.05, 4.69) is 63.3 Å². The van der Waals surface area contributed by atoms with Crippen molar-refractivity contribution in [1.29, 1.82) is 0 Å². The number of nitrogens with one attached hydrogen (secondary N) is 1. The van der Waals surface area contributed by atoms with Crippen molar-refractivity contribution in [1.82, 2.24) is 5.32 Å². The number of rotatable bonds is 3. The van der Waals surface area contributed by atoms with Gasteiger partial charge < -0.3 is 5.32 Å². The third kappa shape index (κ3) is 2.37. The van der Waals surface area contributed by atoms with Crippen molar-refractivity contribution < 1.29 is 0 Å². The molecule has 20 heavy (non-hydrogen) atoms. The molecule has 1 aromatic rings. The Labute approximate surface area is 126 Å². The monoisotopic (exact) mass is 288 g/mol. The average Bonchev–Trinajstić information content (AvgIpc) is 2.73. The molecule has 1 N–H and O–H groups in total. The van der Waals surface area contributed by atoms with Gasteiger partial charge in [0.15, 0.2) is 5.17 Å². The molecule has 3 heteroatoms. The van der Waals surface area contributed by atoms with Gasteiger partial charge in [0.1, 0.15) is 0 Å². The lowest BCUT2D eigenvalue weighted by molar-refractivity contribution is 0.457. The van der Waals surface area contributed by atoms with E-state index in [0.717, 1.165) is 17.3 Å².